The standard InChI is InChI=1S/C17H13N9/c18-6-5-9-1-3-10(4-2-9)14-12-13(21)11(7-19)15(22)25-16(12)26-17(24-14)23-8-20/h1-4,14H,5H2,(H6,21,22,23,24,25,26). The molecule has 0 spiro atoms. The van der Waals surface area contributed by atoms with E-state index in [1.165, 1.54) is 0 Å². The highest BCUT2D eigenvalue weighted by atomic mass is 15.2. The van der Waals surface area contributed by atoms with Crippen molar-refractivity contribution in [2.45, 2.75) is 12.5 Å². The Bertz CT molecular complexity index is 1020. The van der Waals surface area contributed by atoms with Gasteiger partial charge in [0.25, 0.3) is 0 Å². The summed E-state index contributed by atoms with van der Waals surface area (Å²) in [6.07, 6.45) is 2.09. The van der Waals surface area contributed by atoms with E-state index >= 15 is 0 Å². The van der Waals surface area contributed by atoms with Gasteiger partial charge in [-0.1, -0.05) is 24.3 Å². The number of nitrogens with one attached hydrogen (secondary N) is 2. The lowest BCUT2D eigenvalue weighted by Crippen LogP contribution is -2.32. The fourth-order valence-electron chi connectivity index (χ4n) is 2.73. The molecule has 1 aromatic heterocycles. The van der Waals surface area contributed by atoms with Gasteiger partial charge >= 0.3 is 0 Å². The van der Waals surface area contributed by atoms with E-state index in [4.69, 9.17) is 22.0 Å². The van der Waals surface area contributed by atoms with Gasteiger partial charge in [0.15, 0.2) is 6.19 Å². The minimum absolute atomic E-state index is 0.00224. The van der Waals surface area contributed by atoms with Crippen molar-refractivity contribution in [3.8, 4) is 18.3 Å². The van der Waals surface area contributed by atoms with Crippen LogP contribution in [0.25, 0.3) is 0 Å². The van der Waals surface area contributed by atoms with Crippen LogP contribution in [0.15, 0.2) is 29.3 Å². The van der Waals surface area contributed by atoms with Crippen LogP contribution in [0.2, 0.25) is 0 Å². The number of guanidine groups is 1. The summed E-state index contributed by atoms with van der Waals surface area (Å²) in [6.45, 7) is 0. The first kappa shape index (κ1) is 16.6. The molecule has 1 aliphatic heterocycles. The first-order valence-electron chi connectivity index (χ1n) is 7.53. The number of rotatable bonds is 2. The van der Waals surface area contributed by atoms with Gasteiger partial charge in [-0.05, 0) is 11.1 Å². The summed E-state index contributed by atoms with van der Waals surface area (Å²) >= 11 is 0. The number of anilines is 3. The predicted octanol–water partition coefficient (Wildman–Crippen LogP) is 1.13. The molecule has 1 aliphatic rings. The third kappa shape index (κ3) is 2.79. The van der Waals surface area contributed by atoms with Gasteiger partial charge in [-0.2, -0.15) is 15.8 Å². The van der Waals surface area contributed by atoms with Gasteiger partial charge in [0.2, 0.25) is 5.96 Å². The van der Waals surface area contributed by atoms with E-state index in [1.807, 2.05) is 30.3 Å². The number of hydrogen-bond donors (Lipinski definition) is 4. The highest BCUT2D eigenvalue weighted by Crippen LogP contribution is 2.40. The smallest absolute Gasteiger partial charge is 0.211 e. The third-order valence-corrected chi connectivity index (χ3v) is 3.94. The minimum atomic E-state index is -0.585. The maximum Gasteiger partial charge on any atom is 0.211 e. The number of nitrogens with two attached hydrogens (primary N) is 2. The number of benzene rings is 1. The number of aromatic nitrogens is 1. The highest BCUT2D eigenvalue weighted by molar-refractivity contribution is 5.98. The van der Waals surface area contributed by atoms with Gasteiger partial charge in [-0.15, -0.1) is 0 Å². The molecule has 2 heterocycles. The van der Waals surface area contributed by atoms with Crippen molar-refractivity contribution in [3.05, 3.63) is 46.5 Å². The maximum absolute atomic E-state index is 9.30. The van der Waals surface area contributed by atoms with E-state index in [2.05, 4.69) is 26.7 Å². The second-order valence-electron chi connectivity index (χ2n) is 5.48. The molecule has 6 N–H and O–H groups in total. The Balaban J connectivity index is 2.16. The quantitative estimate of drug-likeness (QED) is 0.463. The van der Waals surface area contributed by atoms with E-state index in [-0.39, 0.29) is 23.0 Å². The molecule has 9 nitrogen and oxygen atoms in total. The first-order chi connectivity index (χ1) is 12.6. The SMILES string of the molecule is N#CCc1ccc(C2N=C(NC#N)Nc3nc(N)c(C#N)c(N)c32)cc1. The molecule has 26 heavy (non-hydrogen) atoms. The summed E-state index contributed by atoms with van der Waals surface area (Å²) in [5.41, 5.74) is 14.4. The summed E-state index contributed by atoms with van der Waals surface area (Å²) in [5.74, 6) is 0.525. The fourth-order valence-corrected chi connectivity index (χ4v) is 2.73. The lowest BCUT2D eigenvalue weighted by Gasteiger charge is -2.26. The molecule has 1 atom stereocenters. The summed E-state index contributed by atoms with van der Waals surface area (Å²) in [7, 11) is 0. The first-order valence-corrected chi connectivity index (χ1v) is 7.53. The van der Waals surface area contributed by atoms with Crippen LogP contribution in [0.1, 0.15) is 28.3 Å². The van der Waals surface area contributed by atoms with Crippen LogP contribution in [0, 0.1) is 34.1 Å². The van der Waals surface area contributed by atoms with Crippen molar-refractivity contribution in [1.29, 1.82) is 15.8 Å². The number of pyridine rings is 1. The zero-order chi connectivity index (χ0) is 18.7. The fraction of sp³-hybridized carbons (Fsp3) is 0.118. The summed E-state index contributed by atoms with van der Waals surface area (Å²) in [5, 5.41) is 32.3. The van der Waals surface area contributed by atoms with Crippen LogP contribution in [0.4, 0.5) is 17.3 Å². The summed E-state index contributed by atoms with van der Waals surface area (Å²) in [6, 6.07) is 10.7. The molecule has 0 radical (unpaired) electrons. The van der Waals surface area contributed by atoms with Crippen LogP contribution in [-0.4, -0.2) is 10.9 Å². The minimum Gasteiger partial charge on any atom is -0.397 e. The van der Waals surface area contributed by atoms with Crippen molar-refractivity contribution >= 4 is 23.3 Å². The van der Waals surface area contributed by atoms with Crippen LogP contribution in [-0.2, 0) is 6.42 Å². The van der Waals surface area contributed by atoms with Crippen molar-refractivity contribution in [2.24, 2.45) is 4.99 Å². The molecule has 2 aromatic rings. The van der Waals surface area contributed by atoms with E-state index in [0.29, 0.717) is 17.8 Å². The van der Waals surface area contributed by atoms with Crippen molar-refractivity contribution in [1.82, 2.24) is 10.3 Å². The van der Waals surface area contributed by atoms with Gasteiger partial charge in [0.05, 0.1) is 18.2 Å². The molecule has 0 bridgehead atoms. The lowest BCUT2D eigenvalue weighted by molar-refractivity contribution is 0.846. The summed E-state index contributed by atoms with van der Waals surface area (Å²) in [4.78, 5) is 8.65. The van der Waals surface area contributed by atoms with Gasteiger partial charge in [-0.25, -0.2) is 9.98 Å². The Kier molecular flexibility index (Phi) is 4.25. The molecule has 0 amide bonds. The molecule has 1 unspecified atom stereocenters. The monoisotopic (exact) mass is 343 g/mol. The Hall–Kier alpha value is -4.29. The zero-order valence-electron chi connectivity index (χ0n) is 13.5. The van der Waals surface area contributed by atoms with Gasteiger partial charge < -0.3 is 16.8 Å². The molecule has 9 heteroatoms. The second kappa shape index (κ2) is 6.68. The van der Waals surface area contributed by atoms with Crippen LogP contribution in [0.5, 0.6) is 0 Å². The molecule has 0 saturated heterocycles. The topological polar surface area (TPSA) is 173 Å². The number of nitrogens with zero attached hydrogens (tertiary/aromatic N) is 5. The molecular formula is C17H13N9. The average molecular weight is 343 g/mol. The number of nitrogen functional groups attached to an aromatic ring is 2. The van der Waals surface area contributed by atoms with Crippen molar-refractivity contribution in [3.63, 3.8) is 0 Å². The zero-order valence-corrected chi connectivity index (χ0v) is 13.5. The number of aliphatic imine (C=N–C) groups is 1. The number of fused-ring (bicyclic) bond motifs is 1. The number of nitriles is 3. The van der Waals surface area contributed by atoms with E-state index in [9.17, 15) is 5.26 Å². The molecule has 0 saturated carbocycles. The van der Waals surface area contributed by atoms with Crippen LogP contribution >= 0.6 is 0 Å². The largest absolute Gasteiger partial charge is 0.397 e. The molecule has 1 aromatic carbocycles. The Morgan fingerprint density at radius 1 is 1.15 bits per heavy atom. The van der Waals surface area contributed by atoms with E-state index in [1.54, 1.807) is 6.19 Å². The Morgan fingerprint density at radius 2 is 1.88 bits per heavy atom. The van der Waals surface area contributed by atoms with E-state index in [0.717, 1.165) is 11.1 Å². The summed E-state index contributed by atoms with van der Waals surface area (Å²) < 4.78 is 0. The lowest BCUT2D eigenvalue weighted by atomic mass is 9.94. The molecule has 126 valence electrons. The van der Waals surface area contributed by atoms with Crippen molar-refractivity contribution < 1.29 is 0 Å². The Morgan fingerprint density at radius 3 is 2.50 bits per heavy atom. The second-order valence-corrected chi connectivity index (χ2v) is 5.48. The van der Waals surface area contributed by atoms with Gasteiger partial charge in [0.1, 0.15) is 29.3 Å². The average Bonchev–Trinajstić information content (AvgIpc) is 2.62. The van der Waals surface area contributed by atoms with Gasteiger partial charge in [0, 0.05) is 5.56 Å². The molecule has 3 rings (SSSR count). The highest BCUT2D eigenvalue weighted by Gasteiger charge is 2.29. The van der Waals surface area contributed by atoms with Crippen LogP contribution < -0.4 is 22.1 Å². The predicted molar refractivity (Wildman–Crippen MR) is 95.2 cm³/mol. The maximum atomic E-state index is 9.30. The number of hydrogen-bond acceptors (Lipinski definition) is 9. The normalized spacial score (nSPS) is 14.7. The third-order valence-electron chi connectivity index (χ3n) is 3.94. The van der Waals surface area contributed by atoms with Crippen LogP contribution in [0.3, 0.4) is 0 Å². The molecule has 0 aliphatic carbocycles. The van der Waals surface area contributed by atoms with E-state index < -0.39 is 6.04 Å². The molecule has 0 fully saturated rings. The van der Waals surface area contributed by atoms with Crippen molar-refractivity contribution in [2.75, 3.05) is 16.8 Å². The van der Waals surface area contributed by atoms with Gasteiger partial charge in [-0.3, -0.25) is 5.32 Å². The Labute approximate surface area is 149 Å². The molecular weight excluding hydrogens is 330 g/mol.